The van der Waals surface area contributed by atoms with Gasteiger partial charge >= 0.3 is 0 Å². The summed E-state index contributed by atoms with van der Waals surface area (Å²) in [5.41, 5.74) is 3.91. The van der Waals surface area contributed by atoms with Crippen LogP contribution in [0, 0.1) is 0 Å². The molecule has 268 valence electrons. The van der Waals surface area contributed by atoms with Crippen LogP contribution in [0.4, 0.5) is 11.4 Å². The fraction of sp³-hybridized carbons (Fsp3) is 0.182. The summed E-state index contributed by atoms with van der Waals surface area (Å²) in [5.74, 6) is -0.901. The molecule has 2 aliphatic rings. The molecule has 0 bridgehead atoms. The fourth-order valence-electron chi connectivity index (χ4n) is 7.42. The van der Waals surface area contributed by atoms with E-state index in [4.69, 9.17) is 0 Å². The number of hydrogen-bond acceptors (Lipinski definition) is 6. The van der Waals surface area contributed by atoms with Gasteiger partial charge in [-0.2, -0.15) is 0 Å². The fourth-order valence-corrected chi connectivity index (χ4v) is 7.42. The van der Waals surface area contributed by atoms with Gasteiger partial charge in [-0.1, -0.05) is 84.9 Å². The summed E-state index contributed by atoms with van der Waals surface area (Å²) in [6.07, 6.45) is 9.88. The van der Waals surface area contributed by atoms with Crippen LogP contribution in [-0.2, 0) is 9.59 Å². The first-order valence-electron chi connectivity index (χ1n) is 18.2. The zero-order chi connectivity index (χ0) is 37.0. The highest BCUT2D eigenvalue weighted by atomic mass is 16.2. The lowest BCUT2D eigenvalue weighted by molar-refractivity contribution is -0.120. The number of carbonyl (C=O) groups excluding carboxylic acids is 4. The molecule has 0 spiro atoms. The van der Waals surface area contributed by atoms with Crippen molar-refractivity contribution in [2.24, 2.45) is 0 Å². The highest BCUT2D eigenvalue weighted by Gasteiger charge is 2.37. The Bertz CT molecular complexity index is 2230. The molecule has 0 saturated carbocycles. The van der Waals surface area contributed by atoms with E-state index in [1.165, 1.54) is 0 Å². The number of carbonyl (C=O) groups is 4. The van der Waals surface area contributed by atoms with Gasteiger partial charge in [-0.3, -0.25) is 29.1 Å². The number of rotatable bonds is 8. The normalized spacial score (nSPS) is 17.0. The molecule has 54 heavy (non-hydrogen) atoms. The van der Waals surface area contributed by atoms with Crippen LogP contribution in [0.15, 0.2) is 122 Å². The number of anilines is 2. The Balaban J connectivity index is 0.858. The minimum Gasteiger partial charge on any atom is -0.325 e. The highest BCUT2D eigenvalue weighted by molar-refractivity contribution is 6.09. The van der Waals surface area contributed by atoms with E-state index in [-0.39, 0.29) is 23.6 Å². The zero-order valence-electron chi connectivity index (χ0n) is 29.5. The lowest BCUT2D eigenvalue weighted by Gasteiger charge is -2.24. The van der Waals surface area contributed by atoms with Gasteiger partial charge in [0, 0.05) is 47.6 Å². The second kappa shape index (κ2) is 15.1. The number of aromatic nitrogens is 2. The summed E-state index contributed by atoms with van der Waals surface area (Å²) < 4.78 is 0. The van der Waals surface area contributed by atoms with Crippen molar-refractivity contribution in [3.05, 3.63) is 144 Å². The van der Waals surface area contributed by atoms with Crippen LogP contribution in [0.25, 0.3) is 33.7 Å². The van der Waals surface area contributed by atoms with Gasteiger partial charge in [-0.15, -0.1) is 0 Å². The van der Waals surface area contributed by atoms with Crippen molar-refractivity contribution >= 4 is 68.7 Å². The number of fused-ring (bicyclic) bond motifs is 2. The lowest BCUT2D eigenvalue weighted by Crippen LogP contribution is -2.43. The minimum absolute atomic E-state index is 0.217. The molecular formula is C44H38N6O4. The Hall–Kier alpha value is -6.68. The largest absolute Gasteiger partial charge is 0.325 e. The third-order valence-electron chi connectivity index (χ3n) is 10.2. The second-order valence-electron chi connectivity index (χ2n) is 13.6. The van der Waals surface area contributed by atoms with Crippen LogP contribution in [-0.4, -0.2) is 68.6 Å². The summed E-state index contributed by atoms with van der Waals surface area (Å²) in [5, 5.41) is 9.40. The van der Waals surface area contributed by atoms with Gasteiger partial charge in [-0.25, -0.2) is 0 Å². The molecule has 2 saturated heterocycles. The van der Waals surface area contributed by atoms with E-state index in [1.807, 2.05) is 121 Å². The van der Waals surface area contributed by atoms with Crippen molar-refractivity contribution in [2.75, 3.05) is 23.7 Å². The first-order chi connectivity index (χ1) is 26.4. The highest BCUT2D eigenvalue weighted by Crippen LogP contribution is 2.27. The third kappa shape index (κ3) is 7.06. The predicted octanol–water partition coefficient (Wildman–Crippen LogP) is 7.44. The lowest BCUT2D eigenvalue weighted by atomic mass is 10.1. The molecule has 6 aromatic rings. The van der Waals surface area contributed by atoms with Gasteiger partial charge in [0.25, 0.3) is 11.8 Å². The van der Waals surface area contributed by atoms with Crippen molar-refractivity contribution in [2.45, 2.75) is 37.8 Å². The molecule has 10 nitrogen and oxygen atoms in total. The number of benzene rings is 4. The van der Waals surface area contributed by atoms with Crippen LogP contribution in [0.1, 0.15) is 57.8 Å². The van der Waals surface area contributed by atoms with Gasteiger partial charge < -0.3 is 20.4 Å². The number of nitrogens with zero attached hydrogens (tertiary/aromatic N) is 4. The quantitative estimate of drug-likeness (QED) is 0.158. The molecule has 10 heteroatoms. The van der Waals surface area contributed by atoms with E-state index in [2.05, 4.69) is 20.6 Å². The van der Waals surface area contributed by atoms with Gasteiger partial charge in [0.15, 0.2) is 0 Å². The molecule has 2 atom stereocenters. The second-order valence-corrected chi connectivity index (χ2v) is 13.6. The van der Waals surface area contributed by atoms with E-state index >= 15 is 0 Å². The third-order valence-corrected chi connectivity index (χ3v) is 10.2. The topological polar surface area (TPSA) is 125 Å². The van der Waals surface area contributed by atoms with Crippen molar-refractivity contribution in [1.82, 2.24) is 19.8 Å². The molecule has 8 rings (SSSR count). The molecule has 0 radical (unpaired) electrons. The smallest absolute Gasteiger partial charge is 0.273 e. The molecule has 0 aliphatic carbocycles. The van der Waals surface area contributed by atoms with Crippen LogP contribution in [0.2, 0.25) is 0 Å². The molecular weight excluding hydrogens is 677 g/mol. The molecule has 0 unspecified atom stereocenters. The molecule has 4 amide bonds. The molecule has 4 heterocycles. The maximum absolute atomic E-state index is 13.5. The van der Waals surface area contributed by atoms with Gasteiger partial charge in [0.05, 0.1) is 0 Å². The first-order valence-corrected chi connectivity index (χ1v) is 18.2. The summed E-state index contributed by atoms with van der Waals surface area (Å²) in [7, 11) is 0. The van der Waals surface area contributed by atoms with Crippen molar-refractivity contribution in [3.8, 4) is 0 Å². The van der Waals surface area contributed by atoms with E-state index in [9.17, 15) is 19.2 Å². The van der Waals surface area contributed by atoms with E-state index in [0.717, 1.165) is 45.5 Å². The average Bonchev–Trinajstić information content (AvgIpc) is 3.92. The Morgan fingerprint density at radius 2 is 0.944 bits per heavy atom. The number of hydrogen-bond donors (Lipinski definition) is 2. The van der Waals surface area contributed by atoms with E-state index in [1.54, 1.807) is 22.2 Å². The number of nitrogens with one attached hydrogen (secondary N) is 2. The first kappa shape index (κ1) is 34.4. The molecule has 2 aromatic heterocycles. The maximum atomic E-state index is 13.5. The van der Waals surface area contributed by atoms with Crippen molar-refractivity contribution < 1.29 is 19.2 Å². The van der Waals surface area contributed by atoms with Crippen molar-refractivity contribution in [3.63, 3.8) is 0 Å². The molecule has 4 aromatic carbocycles. The van der Waals surface area contributed by atoms with Gasteiger partial charge in [-0.05, 0) is 84.0 Å². The summed E-state index contributed by atoms with van der Waals surface area (Å²) >= 11 is 0. The van der Waals surface area contributed by atoms with E-state index in [0.29, 0.717) is 48.7 Å². The standard InChI is InChI=1S/C44H38N6O4/c51-41(37-11-5-27-49(37)43(53)39-35-9-3-1-7-31(35)23-25-45-39)47-33-19-15-29(16-20-33)13-14-30-17-21-34(22-18-30)48-42(52)38-12-6-28-50(38)44(54)40-36-10-4-2-8-32(36)24-26-46-40/h1-4,7-10,13-26,37-38H,5-6,11-12,27-28H2,(H,47,51)(H,48,52)/t37-,38-/m0/s1. The van der Waals surface area contributed by atoms with Crippen LogP contribution >= 0.6 is 0 Å². The Kier molecular flexibility index (Phi) is 9.63. The van der Waals surface area contributed by atoms with E-state index < -0.39 is 12.1 Å². The molecule has 2 N–H and O–H groups in total. The molecule has 2 aliphatic heterocycles. The monoisotopic (exact) mass is 714 g/mol. The van der Waals surface area contributed by atoms with Crippen LogP contribution < -0.4 is 10.6 Å². The zero-order valence-corrected chi connectivity index (χ0v) is 29.5. The average molecular weight is 715 g/mol. The maximum Gasteiger partial charge on any atom is 0.273 e. The van der Waals surface area contributed by atoms with Gasteiger partial charge in [0.2, 0.25) is 11.8 Å². The summed E-state index contributed by atoms with van der Waals surface area (Å²) in [6.45, 7) is 1.01. The summed E-state index contributed by atoms with van der Waals surface area (Å²) in [6, 6.07) is 32.9. The minimum atomic E-state index is -0.572. The Labute approximate surface area is 312 Å². The van der Waals surface area contributed by atoms with Crippen LogP contribution in [0.5, 0.6) is 0 Å². The SMILES string of the molecule is O=C(Nc1ccc(C=Cc2ccc(NC(=O)[C@@H]3CCCN3C(=O)c3nccc4ccccc34)cc2)cc1)[C@@H]1CCCN1C(=O)c1nccc2ccccc12. The Morgan fingerprint density at radius 1 is 0.537 bits per heavy atom. The molecule has 2 fully saturated rings. The van der Waals surface area contributed by atoms with Crippen molar-refractivity contribution in [1.29, 1.82) is 0 Å². The predicted molar refractivity (Wildman–Crippen MR) is 211 cm³/mol. The van der Waals surface area contributed by atoms with Crippen LogP contribution in [0.3, 0.4) is 0 Å². The number of amides is 4. The Morgan fingerprint density at radius 3 is 1.37 bits per heavy atom. The number of likely N-dealkylation sites (tertiary alicyclic amines) is 2. The number of pyridine rings is 2. The van der Waals surface area contributed by atoms with Gasteiger partial charge in [0.1, 0.15) is 23.5 Å². The summed E-state index contributed by atoms with van der Waals surface area (Å²) in [4.78, 5) is 65.8.